The summed E-state index contributed by atoms with van der Waals surface area (Å²) in [5.74, 6) is 0. The Morgan fingerprint density at radius 3 is 1.23 bits per heavy atom. The number of sulfonamides is 1. The minimum Gasteiger partial charge on any atom is -0.399 e. The summed E-state index contributed by atoms with van der Waals surface area (Å²) < 4.78 is 35.6. The van der Waals surface area contributed by atoms with Crippen molar-refractivity contribution in [3.05, 3.63) is 133 Å². The number of hydrogen-bond donors (Lipinski definition) is 1. The molecule has 0 unspecified atom stereocenters. The maximum Gasteiger partial charge on any atom is 0.272 e. The van der Waals surface area contributed by atoms with Gasteiger partial charge in [-0.3, -0.25) is 28.5 Å². The Bertz CT molecular complexity index is 5110. The Kier molecular flexibility index (Phi) is 19.8. The first-order chi connectivity index (χ1) is 45.9. The lowest BCUT2D eigenvalue weighted by molar-refractivity contribution is -0.384. The molecule has 13 nitrogen and oxygen atoms in total. The molecular weight excluding hydrogens is 1190 g/mol. The van der Waals surface area contributed by atoms with Gasteiger partial charge in [0.2, 0.25) is 10.0 Å². The topological polar surface area (TPSA) is 175 Å². The highest BCUT2D eigenvalue weighted by Gasteiger charge is 2.30. The summed E-state index contributed by atoms with van der Waals surface area (Å²) in [6.45, 7) is 7.63. The van der Waals surface area contributed by atoms with E-state index in [2.05, 4.69) is 39.0 Å². The second-order valence-electron chi connectivity index (χ2n) is 27.4. The monoisotopic (exact) mass is 1280 g/mol. The number of aromatic nitrogens is 4. The van der Waals surface area contributed by atoms with Gasteiger partial charge in [0.25, 0.3) is 16.8 Å². The van der Waals surface area contributed by atoms with E-state index in [1.165, 1.54) is 141 Å². The summed E-state index contributed by atoms with van der Waals surface area (Å²) in [4.78, 5) is 54.0. The maximum atomic E-state index is 15.5. The number of fused-ring (bicyclic) bond motifs is 8. The average molecular weight is 1280 g/mol. The highest BCUT2D eigenvalue weighted by Crippen LogP contribution is 2.47. The second-order valence-corrected chi connectivity index (χ2v) is 29.3. The van der Waals surface area contributed by atoms with E-state index in [1.807, 2.05) is 42.5 Å². The van der Waals surface area contributed by atoms with Crippen LogP contribution in [0.15, 0.2) is 112 Å². The molecule has 490 valence electrons. The number of benzene rings is 9. The molecule has 9 aromatic carbocycles. The molecule has 0 amide bonds. The predicted molar refractivity (Wildman–Crippen MR) is 394 cm³/mol. The highest BCUT2D eigenvalue weighted by atomic mass is 32.2. The SMILES string of the molecule is CCCCCCCCCCCCc1ccc2nc3c4ccc5c6ccc7c(=O)n8c9cc(N)cc%10c(S(=O)(=O)N(CCCCCCCCCCCC)CCCCCCCCCCCC)ccc(nc8c8ccc(c%11ccc(c(=O)n3c3cc([N+](=O)[O-])cc1c23)c4c5%11)c6c78)c%109. The normalized spacial score (nSPS) is 12.7. The first-order valence-electron chi connectivity index (χ1n) is 36.1. The minimum absolute atomic E-state index is 0.0667. The fraction of sp³-hybridized carbons (Fsp3) is 0.450. The van der Waals surface area contributed by atoms with Crippen molar-refractivity contribution in [3.63, 3.8) is 0 Å². The van der Waals surface area contributed by atoms with Crippen LogP contribution < -0.4 is 16.9 Å². The molecule has 94 heavy (non-hydrogen) atoms. The van der Waals surface area contributed by atoms with Crippen LogP contribution in [0, 0.1) is 10.1 Å². The van der Waals surface area contributed by atoms with Gasteiger partial charge in [-0.2, -0.15) is 4.31 Å². The van der Waals surface area contributed by atoms with Crippen LogP contribution in [-0.4, -0.2) is 49.5 Å². The van der Waals surface area contributed by atoms with Crippen LogP contribution in [0.4, 0.5) is 11.4 Å². The van der Waals surface area contributed by atoms with Crippen LogP contribution in [0.1, 0.15) is 219 Å². The first kappa shape index (κ1) is 64.9. The molecule has 0 spiro atoms. The fourth-order valence-electron chi connectivity index (χ4n) is 16.0. The largest absolute Gasteiger partial charge is 0.399 e. The number of nitro benzene ring substituents is 1. The second kappa shape index (κ2) is 28.6. The van der Waals surface area contributed by atoms with Crippen LogP contribution in [0.5, 0.6) is 0 Å². The fourth-order valence-corrected chi connectivity index (χ4v) is 17.7. The van der Waals surface area contributed by atoms with Gasteiger partial charge in [0.05, 0.1) is 31.9 Å². The van der Waals surface area contributed by atoms with E-state index in [-0.39, 0.29) is 26.6 Å². The average Bonchev–Trinajstić information content (AvgIpc) is 0.687. The molecule has 0 aliphatic heterocycles. The van der Waals surface area contributed by atoms with Gasteiger partial charge in [-0.05, 0) is 124 Å². The smallest absolute Gasteiger partial charge is 0.272 e. The number of nitrogens with zero attached hydrogens (tertiary/aromatic N) is 6. The Balaban J connectivity index is 0.861. The number of anilines is 1. The van der Waals surface area contributed by atoms with Crippen molar-refractivity contribution in [3.8, 4) is 0 Å². The van der Waals surface area contributed by atoms with E-state index in [0.717, 1.165) is 134 Å². The third-order valence-electron chi connectivity index (χ3n) is 21.0. The van der Waals surface area contributed by atoms with Crippen molar-refractivity contribution in [2.24, 2.45) is 0 Å². The lowest BCUT2D eigenvalue weighted by Crippen LogP contribution is -2.33. The molecule has 4 aromatic heterocycles. The summed E-state index contributed by atoms with van der Waals surface area (Å²) in [7, 11) is -4.02. The van der Waals surface area contributed by atoms with Crippen molar-refractivity contribution in [1.29, 1.82) is 0 Å². The Morgan fingerprint density at radius 2 is 0.787 bits per heavy atom. The summed E-state index contributed by atoms with van der Waals surface area (Å²) in [6.07, 6.45) is 36.2. The molecule has 0 fully saturated rings. The van der Waals surface area contributed by atoms with Crippen molar-refractivity contribution >= 4 is 141 Å². The Hall–Kier alpha value is -7.81. The molecular formula is C80H93N7O6S. The van der Waals surface area contributed by atoms with E-state index in [9.17, 15) is 10.1 Å². The third kappa shape index (κ3) is 12.2. The van der Waals surface area contributed by atoms with Crippen molar-refractivity contribution < 1.29 is 13.3 Å². The molecule has 13 aromatic rings. The predicted octanol–water partition coefficient (Wildman–Crippen LogP) is 21.3. The van der Waals surface area contributed by atoms with Gasteiger partial charge in [0.1, 0.15) is 11.3 Å². The van der Waals surface area contributed by atoms with Gasteiger partial charge in [0, 0.05) is 79.4 Å². The molecule has 4 heterocycles. The van der Waals surface area contributed by atoms with Crippen LogP contribution in [0.2, 0.25) is 0 Å². The molecule has 0 atom stereocenters. The molecule has 0 aliphatic carbocycles. The summed E-state index contributed by atoms with van der Waals surface area (Å²) in [5, 5.41) is 24.7. The zero-order valence-corrected chi connectivity index (χ0v) is 56.5. The number of pyridine rings is 2. The minimum atomic E-state index is -4.02. The quantitative estimate of drug-likeness (QED) is 0.0100. The lowest BCUT2D eigenvalue weighted by Gasteiger charge is -2.24. The van der Waals surface area contributed by atoms with Gasteiger partial charge in [-0.15, -0.1) is 0 Å². The van der Waals surface area contributed by atoms with Gasteiger partial charge >= 0.3 is 0 Å². The molecule has 0 saturated carbocycles. The molecule has 13 rings (SSSR count). The van der Waals surface area contributed by atoms with Crippen molar-refractivity contribution in [2.45, 2.75) is 225 Å². The maximum absolute atomic E-state index is 15.5. The number of nitro groups is 1. The lowest BCUT2D eigenvalue weighted by atomic mass is 9.86. The van der Waals surface area contributed by atoms with Crippen LogP contribution in [0.3, 0.4) is 0 Å². The van der Waals surface area contributed by atoms with Crippen molar-refractivity contribution in [1.82, 2.24) is 23.1 Å². The number of non-ortho nitro benzene ring substituents is 1. The van der Waals surface area contributed by atoms with Crippen LogP contribution >= 0.6 is 0 Å². The molecule has 0 aliphatic rings. The zero-order valence-electron chi connectivity index (χ0n) is 55.7. The van der Waals surface area contributed by atoms with Gasteiger partial charge in [-0.25, -0.2) is 18.4 Å². The first-order valence-corrected chi connectivity index (χ1v) is 37.6. The van der Waals surface area contributed by atoms with E-state index < -0.39 is 10.0 Å². The highest BCUT2D eigenvalue weighted by molar-refractivity contribution is 7.89. The number of hydrogen-bond acceptors (Lipinski definition) is 9. The molecule has 14 heteroatoms. The summed E-state index contributed by atoms with van der Waals surface area (Å²) in [6, 6.07) is 30.3. The number of aryl methyl sites for hydroxylation is 1. The summed E-state index contributed by atoms with van der Waals surface area (Å²) >= 11 is 0. The van der Waals surface area contributed by atoms with E-state index in [1.54, 1.807) is 43.4 Å². The van der Waals surface area contributed by atoms with E-state index in [0.29, 0.717) is 73.7 Å². The standard InChI is InChI=1S/C80H93N7O6S/c1-4-7-10-13-16-19-22-25-28-31-34-53-35-44-66-75-64(53)51-55(87(90)91)52-69(75)86-78(82-66)61-41-37-57-58-38-42-62-73-60(40-36-56(71(58)73)59-39-43-63(80(86)89)74(61)72(57)59)77-83-67-45-46-70(65-49-54(81)50-68(76(65)67)85(77)79(62)88)94(92,93)84(47-32-29-26-23-20-17-14-11-8-5-2)48-33-30-27-24-21-18-15-12-9-6-3/h35-46,49-52H,4-34,47-48,81H2,1-3H3. The third-order valence-corrected chi connectivity index (χ3v) is 22.9. The Morgan fingerprint density at radius 1 is 0.415 bits per heavy atom. The molecule has 0 radical (unpaired) electrons. The summed E-state index contributed by atoms with van der Waals surface area (Å²) in [5.41, 5.74) is 10.6. The van der Waals surface area contributed by atoms with Gasteiger partial charge < -0.3 is 5.73 Å². The zero-order chi connectivity index (χ0) is 65.0. The van der Waals surface area contributed by atoms with E-state index in [4.69, 9.17) is 15.7 Å². The number of nitrogen functional groups attached to an aromatic ring is 1. The van der Waals surface area contributed by atoms with Crippen LogP contribution in [-0.2, 0) is 16.4 Å². The number of nitrogens with two attached hydrogens (primary N) is 1. The van der Waals surface area contributed by atoms with Crippen molar-refractivity contribution in [2.75, 3.05) is 18.8 Å². The molecule has 0 bridgehead atoms. The number of unbranched alkanes of at least 4 members (excludes halogenated alkanes) is 27. The Labute approximate surface area is 551 Å². The van der Waals surface area contributed by atoms with Crippen LogP contribution in [0.25, 0.3) is 120 Å². The van der Waals surface area contributed by atoms with E-state index >= 15 is 18.0 Å². The number of rotatable bonds is 36. The van der Waals surface area contributed by atoms with Gasteiger partial charge in [-0.1, -0.05) is 224 Å². The molecule has 0 saturated heterocycles. The molecule has 2 N–H and O–H groups in total. The van der Waals surface area contributed by atoms with Gasteiger partial charge in [0.15, 0.2) is 0 Å².